The van der Waals surface area contributed by atoms with Crippen LogP contribution in [0, 0.1) is 19.8 Å². The molecule has 0 aliphatic heterocycles. The number of nitrogens with one attached hydrogen (secondary N) is 1. The van der Waals surface area contributed by atoms with Crippen molar-refractivity contribution in [3.05, 3.63) is 22.7 Å². The maximum atomic E-state index is 11.7. The van der Waals surface area contributed by atoms with E-state index in [1.54, 1.807) is 11.3 Å². The summed E-state index contributed by atoms with van der Waals surface area (Å²) in [6.45, 7) is 7.81. The summed E-state index contributed by atoms with van der Waals surface area (Å²) >= 11 is 1.57. The maximum Gasteiger partial charge on any atom is 0.226 e. The van der Waals surface area contributed by atoms with Crippen LogP contribution in [0.4, 0.5) is 5.69 Å². The highest BCUT2D eigenvalue weighted by Crippen LogP contribution is 2.32. The first-order valence-corrected chi connectivity index (χ1v) is 6.53. The van der Waals surface area contributed by atoms with Gasteiger partial charge in [-0.1, -0.05) is 13.8 Å². The fraction of sp³-hybridized carbons (Fsp3) is 0.385. The van der Waals surface area contributed by atoms with Crippen molar-refractivity contribution in [2.75, 3.05) is 5.32 Å². The quantitative estimate of drug-likeness (QED) is 0.883. The van der Waals surface area contributed by atoms with Crippen molar-refractivity contribution < 1.29 is 4.79 Å². The predicted molar refractivity (Wildman–Crippen MR) is 72.6 cm³/mol. The Hall–Kier alpha value is -1.42. The van der Waals surface area contributed by atoms with Crippen molar-refractivity contribution in [1.29, 1.82) is 0 Å². The standard InChI is InChI=1S/C13H16N2OS/c1-7(2)12(16)15-10-6-17-13-11(10)8(3)5-9(4)14-13/h5-7H,1-4H3,(H,15,16). The largest absolute Gasteiger partial charge is 0.325 e. The molecule has 2 aromatic heterocycles. The van der Waals surface area contributed by atoms with Gasteiger partial charge in [0.05, 0.1) is 5.69 Å². The number of rotatable bonds is 2. The van der Waals surface area contributed by atoms with Crippen LogP contribution in [-0.4, -0.2) is 10.9 Å². The Morgan fingerprint density at radius 1 is 1.41 bits per heavy atom. The summed E-state index contributed by atoms with van der Waals surface area (Å²) in [6, 6.07) is 2.04. The van der Waals surface area contributed by atoms with Crippen molar-refractivity contribution in [3.63, 3.8) is 0 Å². The topological polar surface area (TPSA) is 42.0 Å². The molecule has 0 bridgehead atoms. The number of hydrogen-bond donors (Lipinski definition) is 1. The lowest BCUT2D eigenvalue weighted by Gasteiger charge is -2.07. The van der Waals surface area contributed by atoms with E-state index in [9.17, 15) is 4.79 Å². The molecule has 0 atom stereocenters. The fourth-order valence-corrected chi connectivity index (χ4v) is 2.75. The van der Waals surface area contributed by atoms with Crippen molar-refractivity contribution in [2.24, 2.45) is 5.92 Å². The van der Waals surface area contributed by atoms with Gasteiger partial charge in [-0.3, -0.25) is 4.79 Å². The molecule has 0 aromatic carbocycles. The fourth-order valence-electron chi connectivity index (χ4n) is 1.76. The second-order valence-corrected chi connectivity index (χ2v) is 5.41. The maximum absolute atomic E-state index is 11.7. The van der Waals surface area contributed by atoms with Gasteiger partial charge in [0, 0.05) is 22.4 Å². The zero-order valence-corrected chi connectivity index (χ0v) is 11.3. The Bertz CT molecular complexity index is 572. The van der Waals surface area contributed by atoms with Crippen LogP contribution in [0.3, 0.4) is 0 Å². The van der Waals surface area contributed by atoms with Crippen LogP contribution in [0.2, 0.25) is 0 Å². The molecule has 1 amide bonds. The number of aryl methyl sites for hydroxylation is 2. The highest BCUT2D eigenvalue weighted by molar-refractivity contribution is 7.17. The predicted octanol–water partition coefficient (Wildman–Crippen LogP) is 3.51. The Morgan fingerprint density at radius 3 is 2.76 bits per heavy atom. The number of anilines is 1. The number of carbonyl (C=O) groups is 1. The van der Waals surface area contributed by atoms with E-state index in [1.807, 2.05) is 32.2 Å². The van der Waals surface area contributed by atoms with E-state index in [0.717, 1.165) is 27.2 Å². The minimum Gasteiger partial charge on any atom is -0.325 e. The van der Waals surface area contributed by atoms with E-state index in [0.29, 0.717) is 0 Å². The molecule has 4 heteroatoms. The number of fused-ring (bicyclic) bond motifs is 1. The number of thiophene rings is 1. The zero-order chi connectivity index (χ0) is 12.6. The SMILES string of the molecule is Cc1cc(C)c2c(NC(=O)C(C)C)csc2n1. The van der Waals surface area contributed by atoms with Crippen LogP contribution in [0.15, 0.2) is 11.4 Å². The first kappa shape index (κ1) is 12.0. The van der Waals surface area contributed by atoms with Crippen molar-refractivity contribution >= 4 is 33.1 Å². The Morgan fingerprint density at radius 2 is 2.12 bits per heavy atom. The zero-order valence-electron chi connectivity index (χ0n) is 10.5. The van der Waals surface area contributed by atoms with Gasteiger partial charge in [-0.15, -0.1) is 11.3 Å². The van der Waals surface area contributed by atoms with E-state index >= 15 is 0 Å². The molecule has 0 aliphatic carbocycles. The third-order valence-corrected chi connectivity index (χ3v) is 3.52. The smallest absolute Gasteiger partial charge is 0.226 e. The van der Waals surface area contributed by atoms with E-state index in [-0.39, 0.29) is 11.8 Å². The second-order valence-electron chi connectivity index (χ2n) is 4.55. The summed E-state index contributed by atoms with van der Waals surface area (Å²) in [4.78, 5) is 17.2. The summed E-state index contributed by atoms with van der Waals surface area (Å²) in [5.41, 5.74) is 3.06. The summed E-state index contributed by atoms with van der Waals surface area (Å²) in [6.07, 6.45) is 0. The van der Waals surface area contributed by atoms with Gasteiger partial charge in [0.2, 0.25) is 5.91 Å². The summed E-state index contributed by atoms with van der Waals surface area (Å²) in [5.74, 6) is 0.0355. The molecule has 90 valence electrons. The van der Waals surface area contributed by atoms with Crippen molar-refractivity contribution in [2.45, 2.75) is 27.7 Å². The van der Waals surface area contributed by atoms with Crippen LogP contribution < -0.4 is 5.32 Å². The molecule has 17 heavy (non-hydrogen) atoms. The Labute approximate surface area is 105 Å². The molecule has 0 aliphatic rings. The molecule has 2 rings (SSSR count). The van der Waals surface area contributed by atoms with Crippen LogP contribution in [0.5, 0.6) is 0 Å². The van der Waals surface area contributed by atoms with Gasteiger partial charge in [-0.2, -0.15) is 0 Å². The minimum atomic E-state index is -0.0105. The number of aromatic nitrogens is 1. The average Bonchev–Trinajstić information content (AvgIpc) is 2.60. The minimum absolute atomic E-state index is 0.0105. The highest BCUT2D eigenvalue weighted by atomic mass is 32.1. The first-order chi connectivity index (χ1) is 7.99. The van der Waals surface area contributed by atoms with Crippen molar-refractivity contribution in [1.82, 2.24) is 4.98 Å². The number of pyridine rings is 1. The van der Waals surface area contributed by atoms with E-state index in [2.05, 4.69) is 17.2 Å². The van der Waals surface area contributed by atoms with Crippen LogP contribution in [0.25, 0.3) is 10.2 Å². The molecular formula is C13H16N2OS. The molecule has 0 spiro atoms. The molecule has 0 unspecified atom stereocenters. The molecule has 2 heterocycles. The van der Waals surface area contributed by atoms with Gasteiger partial charge in [-0.05, 0) is 25.5 Å². The van der Waals surface area contributed by atoms with E-state index in [4.69, 9.17) is 0 Å². The Balaban J connectivity index is 2.46. The third kappa shape index (κ3) is 2.31. The summed E-state index contributed by atoms with van der Waals surface area (Å²) in [7, 11) is 0. The van der Waals surface area contributed by atoms with Gasteiger partial charge >= 0.3 is 0 Å². The van der Waals surface area contributed by atoms with E-state index in [1.165, 1.54) is 0 Å². The molecule has 3 nitrogen and oxygen atoms in total. The van der Waals surface area contributed by atoms with Gasteiger partial charge in [0.25, 0.3) is 0 Å². The Kier molecular flexibility index (Phi) is 3.15. The number of nitrogens with zero attached hydrogens (tertiary/aromatic N) is 1. The van der Waals surface area contributed by atoms with Crippen LogP contribution >= 0.6 is 11.3 Å². The second kappa shape index (κ2) is 4.45. The van der Waals surface area contributed by atoms with Gasteiger partial charge in [-0.25, -0.2) is 4.98 Å². The molecule has 0 radical (unpaired) electrons. The highest BCUT2D eigenvalue weighted by Gasteiger charge is 2.13. The van der Waals surface area contributed by atoms with Gasteiger partial charge in [0.1, 0.15) is 4.83 Å². The first-order valence-electron chi connectivity index (χ1n) is 5.65. The molecule has 0 saturated heterocycles. The number of amides is 1. The molecule has 1 N–H and O–H groups in total. The lowest BCUT2D eigenvalue weighted by Crippen LogP contribution is -2.17. The summed E-state index contributed by atoms with van der Waals surface area (Å²) in [5, 5.41) is 5.98. The van der Waals surface area contributed by atoms with Crippen LogP contribution in [0.1, 0.15) is 25.1 Å². The van der Waals surface area contributed by atoms with Gasteiger partial charge in [0.15, 0.2) is 0 Å². The van der Waals surface area contributed by atoms with Crippen molar-refractivity contribution in [3.8, 4) is 0 Å². The van der Waals surface area contributed by atoms with Gasteiger partial charge < -0.3 is 5.32 Å². The number of carbonyl (C=O) groups excluding carboxylic acids is 1. The molecule has 2 aromatic rings. The number of hydrogen-bond acceptors (Lipinski definition) is 3. The van der Waals surface area contributed by atoms with E-state index < -0.39 is 0 Å². The normalized spacial score (nSPS) is 11.1. The average molecular weight is 248 g/mol. The lowest BCUT2D eigenvalue weighted by atomic mass is 10.1. The monoisotopic (exact) mass is 248 g/mol. The molecular weight excluding hydrogens is 232 g/mol. The third-order valence-electron chi connectivity index (χ3n) is 2.65. The van der Waals surface area contributed by atoms with Crippen LogP contribution in [-0.2, 0) is 4.79 Å². The molecule has 0 saturated carbocycles. The summed E-state index contributed by atoms with van der Waals surface area (Å²) < 4.78 is 0. The molecule has 0 fully saturated rings. The lowest BCUT2D eigenvalue weighted by molar-refractivity contribution is -0.118.